The van der Waals surface area contributed by atoms with Gasteiger partial charge >= 0.3 is 0 Å². The van der Waals surface area contributed by atoms with Crippen LogP contribution in [0.3, 0.4) is 0 Å². The Morgan fingerprint density at radius 3 is 2.24 bits per heavy atom. The van der Waals surface area contributed by atoms with Crippen molar-refractivity contribution < 1.29 is 5.11 Å². The third-order valence-corrected chi connectivity index (χ3v) is 2.97. The average molecular weight is 236 g/mol. The summed E-state index contributed by atoms with van der Waals surface area (Å²) in [7, 11) is 0. The number of rotatable bonds is 7. The lowest BCUT2D eigenvalue weighted by Crippen LogP contribution is -2.29. The van der Waals surface area contributed by atoms with Crippen molar-refractivity contribution in [1.29, 1.82) is 0 Å². The van der Waals surface area contributed by atoms with Gasteiger partial charge in [-0.05, 0) is 30.0 Å². The second-order valence-corrected chi connectivity index (χ2v) is 4.64. The summed E-state index contributed by atoms with van der Waals surface area (Å²) in [4.78, 5) is 0. The fourth-order valence-electron chi connectivity index (χ4n) is 1.81. The maximum absolute atomic E-state index is 8.75. The molecule has 0 amide bonds. The standard InChI is InChI=1S/C14H24N2O/c1-11(2)12-4-6-13(7-5-12)14(10-15)16-8-3-9-17/h4-7,11,14,16-17H,3,8-10,15H2,1-2H3. The van der Waals surface area contributed by atoms with Gasteiger partial charge in [-0.15, -0.1) is 0 Å². The van der Waals surface area contributed by atoms with E-state index in [1.165, 1.54) is 11.1 Å². The number of benzene rings is 1. The first-order valence-electron chi connectivity index (χ1n) is 6.33. The van der Waals surface area contributed by atoms with Crippen molar-refractivity contribution in [1.82, 2.24) is 5.32 Å². The Hall–Kier alpha value is -0.900. The molecule has 1 rings (SSSR count). The van der Waals surface area contributed by atoms with Crippen LogP contribution in [0.2, 0.25) is 0 Å². The molecular weight excluding hydrogens is 212 g/mol. The van der Waals surface area contributed by atoms with E-state index in [2.05, 4.69) is 43.4 Å². The van der Waals surface area contributed by atoms with Crippen LogP contribution in [0, 0.1) is 0 Å². The second kappa shape index (κ2) is 7.43. The lowest BCUT2D eigenvalue weighted by Gasteiger charge is -2.18. The highest BCUT2D eigenvalue weighted by Gasteiger charge is 2.08. The summed E-state index contributed by atoms with van der Waals surface area (Å²) in [5.41, 5.74) is 8.32. The molecule has 3 heteroatoms. The molecule has 4 N–H and O–H groups in total. The minimum absolute atomic E-state index is 0.183. The van der Waals surface area contributed by atoms with E-state index in [1.807, 2.05) is 0 Å². The molecule has 17 heavy (non-hydrogen) atoms. The first kappa shape index (κ1) is 14.2. The van der Waals surface area contributed by atoms with Crippen LogP contribution in [0.1, 0.15) is 43.4 Å². The zero-order valence-electron chi connectivity index (χ0n) is 10.8. The van der Waals surface area contributed by atoms with Crippen molar-refractivity contribution >= 4 is 0 Å². The number of nitrogens with two attached hydrogens (primary N) is 1. The van der Waals surface area contributed by atoms with Crippen LogP contribution in [0.15, 0.2) is 24.3 Å². The monoisotopic (exact) mass is 236 g/mol. The van der Waals surface area contributed by atoms with Crippen molar-refractivity contribution in [3.63, 3.8) is 0 Å². The summed E-state index contributed by atoms with van der Waals surface area (Å²) < 4.78 is 0. The molecule has 0 aliphatic carbocycles. The predicted molar refractivity (Wildman–Crippen MR) is 72.0 cm³/mol. The fraction of sp³-hybridized carbons (Fsp3) is 0.571. The van der Waals surface area contributed by atoms with Gasteiger partial charge < -0.3 is 16.2 Å². The molecule has 0 spiro atoms. The van der Waals surface area contributed by atoms with Gasteiger partial charge in [0.05, 0.1) is 0 Å². The van der Waals surface area contributed by atoms with Crippen molar-refractivity contribution in [2.75, 3.05) is 19.7 Å². The summed E-state index contributed by atoms with van der Waals surface area (Å²) in [5.74, 6) is 0.558. The first-order chi connectivity index (χ1) is 8.19. The second-order valence-electron chi connectivity index (χ2n) is 4.64. The van der Waals surface area contributed by atoms with E-state index in [9.17, 15) is 0 Å². The normalized spacial score (nSPS) is 13.0. The van der Waals surface area contributed by atoms with Crippen LogP contribution in [0.5, 0.6) is 0 Å². The van der Waals surface area contributed by atoms with E-state index < -0.39 is 0 Å². The Balaban J connectivity index is 2.62. The van der Waals surface area contributed by atoms with Crippen LogP contribution >= 0.6 is 0 Å². The van der Waals surface area contributed by atoms with Gasteiger partial charge in [-0.2, -0.15) is 0 Å². The lowest BCUT2D eigenvalue weighted by atomic mass is 9.99. The number of aliphatic hydroxyl groups excluding tert-OH is 1. The molecule has 0 aliphatic heterocycles. The molecule has 1 aromatic rings. The van der Waals surface area contributed by atoms with Crippen molar-refractivity contribution in [3.8, 4) is 0 Å². The SMILES string of the molecule is CC(C)c1ccc(C(CN)NCCCO)cc1. The van der Waals surface area contributed by atoms with E-state index in [-0.39, 0.29) is 12.6 Å². The molecule has 0 heterocycles. The summed E-state index contributed by atoms with van der Waals surface area (Å²) in [5, 5.41) is 12.1. The van der Waals surface area contributed by atoms with Crippen LogP contribution in [0.25, 0.3) is 0 Å². The average Bonchev–Trinajstić information content (AvgIpc) is 2.35. The molecule has 3 nitrogen and oxygen atoms in total. The largest absolute Gasteiger partial charge is 0.396 e. The van der Waals surface area contributed by atoms with E-state index in [0.29, 0.717) is 12.5 Å². The Labute approximate surface area is 104 Å². The lowest BCUT2D eigenvalue weighted by molar-refractivity contribution is 0.283. The van der Waals surface area contributed by atoms with E-state index >= 15 is 0 Å². The fourth-order valence-corrected chi connectivity index (χ4v) is 1.81. The molecule has 0 aromatic heterocycles. The molecule has 0 saturated carbocycles. The summed E-state index contributed by atoms with van der Waals surface area (Å²) in [6.07, 6.45) is 0.764. The molecule has 1 atom stereocenters. The maximum Gasteiger partial charge on any atom is 0.0444 e. The van der Waals surface area contributed by atoms with E-state index in [0.717, 1.165) is 13.0 Å². The summed E-state index contributed by atoms with van der Waals surface area (Å²) >= 11 is 0. The first-order valence-corrected chi connectivity index (χ1v) is 6.33. The van der Waals surface area contributed by atoms with Gasteiger partial charge in [-0.25, -0.2) is 0 Å². The van der Waals surface area contributed by atoms with Crippen LogP contribution < -0.4 is 11.1 Å². The van der Waals surface area contributed by atoms with Gasteiger partial charge in [0, 0.05) is 19.2 Å². The molecule has 0 aliphatic rings. The van der Waals surface area contributed by atoms with Crippen molar-refractivity contribution in [2.45, 2.75) is 32.2 Å². The highest BCUT2D eigenvalue weighted by atomic mass is 16.3. The third kappa shape index (κ3) is 4.46. The van der Waals surface area contributed by atoms with Gasteiger partial charge in [0.1, 0.15) is 0 Å². The van der Waals surface area contributed by atoms with E-state index in [4.69, 9.17) is 10.8 Å². The predicted octanol–water partition coefficient (Wildman–Crippen LogP) is 1.78. The van der Waals surface area contributed by atoms with Crippen molar-refractivity contribution in [3.05, 3.63) is 35.4 Å². The summed E-state index contributed by atoms with van der Waals surface area (Å²) in [6.45, 7) is 5.97. The van der Waals surface area contributed by atoms with Crippen molar-refractivity contribution in [2.24, 2.45) is 5.73 Å². The molecule has 0 bridgehead atoms. The minimum Gasteiger partial charge on any atom is -0.396 e. The van der Waals surface area contributed by atoms with E-state index in [1.54, 1.807) is 0 Å². The Morgan fingerprint density at radius 2 is 1.76 bits per heavy atom. The topological polar surface area (TPSA) is 58.3 Å². The summed E-state index contributed by atoms with van der Waals surface area (Å²) in [6, 6.07) is 8.78. The maximum atomic E-state index is 8.75. The molecule has 0 radical (unpaired) electrons. The Kier molecular flexibility index (Phi) is 6.19. The molecule has 0 saturated heterocycles. The molecule has 1 aromatic carbocycles. The highest BCUT2D eigenvalue weighted by Crippen LogP contribution is 2.18. The van der Waals surface area contributed by atoms with Gasteiger partial charge in [-0.1, -0.05) is 38.1 Å². The molecule has 0 fully saturated rings. The van der Waals surface area contributed by atoms with Gasteiger partial charge in [0.2, 0.25) is 0 Å². The number of nitrogens with one attached hydrogen (secondary N) is 1. The molecule has 1 unspecified atom stereocenters. The van der Waals surface area contributed by atoms with Gasteiger partial charge in [0.25, 0.3) is 0 Å². The minimum atomic E-state index is 0.183. The molecule has 96 valence electrons. The quantitative estimate of drug-likeness (QED) is 0.633. The smallest absolute Gasteiger partial charge is 0.0444 e. The number of hydrogen-bond acceptors (Lipinski definition) is 3. The third-order valence-electron chi connectivity index (χ3n) is 2.97. The number of hydrogen-bond donors (Lipinski definition) is 3. The van der Waals surface area contributed by atoms with Gasteiger partial charge in [-0.3, -0.25) is 0 Å². The zero-order valence-corrected chi connectivity index (χ0v) is 10.8. The van der Waals surface area contributed by atoms with Crippen LogP contribution in [-0.4, -0.2) is 24.8 Å². The van der Waals surface area contributed by atoms with Gasteiger partial charge in [0.15, 0.2) is 0 Å². The van der Waals surface area contributed by atoms with Crippen LogP contribution in [0.4, 0.5) is 0 Å². The number of aliphatic hydroxyl groups is 1. The molecular formula is C14H24N2O. The van der Waals surface area contributed by atoms with Crippen LogP contribution in [-0.2, 0) is 0 Å². The highest BCUT2D eigenvalue weighted by molar-refractivity contribution is 5.27. The Bertz CT molecular complexity index is 309. The Morgan fingerprint density at radius 1 is 1.18 bits per heavy atom. The zero-order chi connectivity index (χ0) is 12.7.